The number of hydrogen-bond donors (Lipinski definition) is 1. The number of carbonyl (C=O) groups is 1. The molecular formula is C21H22N2O2. The Morgan fingerprint density at radius 1 is 1.00 bits per heavy atom. The van der Waals surface area contributed by atoms with Gasteiger partial charge in [-0.3, -0.25) is 4.79 Å². The minimum Gasteiger partial charge on any atom is -0.481 e. The van der Waals surface area contributed by atoms with E-state index in [0.717, 1.165) is 43.4 Å². The summed E-state index contributed by atoms with van der Waals surface area (Å²) in [4.78, 5) is 18.1. The molecular weight excluding hydrogens is 312 g/mol. The first-order chi connectivity index (χ1) is 12.2. The Labute approximate surface area is 147 Å². The van der Waals surface area contributed by atoms with Gasteiger partial charge in [-0.05, 0) is 37.3 Å². The van der Waals surface area contributed by atoms with Gasteiger partial charge in [-0.15, -0.1) is 0 Å². The van der Waals surface area contributed by atoms with Crippen LogP contribution in [-0.2, 0) is 4.79 Å². The number of aliphatic carboxylic acids is 1. The fourth-order valence-corrected chi connectivity index (χ4v) is 3.93. The van der Waals surface area contributed by atoms with Crippen LogP contribution >= 0.6 is 0 Å². The summed E-state index contributed by atoms with van der Waals surface area (Å²) >= 11 is 0. The van der Waals surface area contributed by atoms with Crippen LogP contribution in [0, 0.1) is 5.92 Å². The lowest BCUT2D eigenvalue weighted by molar-refractivity contribution is -0.137. The molecule has 25 heavy (non-hydrogen) atoms. The number of benzene rings is 2. The van der Waals surface area contributed by atoms with Gasteiger partial charge < -0.3 is 10.0 Å². The largest absolute Gasteiger partial charge is 0.481 e. The number of anilines is 1. The van der Waals surface area contributed by atoms with Crippen LogP contribution in [-0.4, -0.2) is 29.1 Å². The Balaban J connectivity index is 1.67. The summed E-state index contributed by atoms with van der Waals surface area (Å²) in [6.45, 7) is 1.95. The monoisotopic (exact) mass is 334 g/mol. The Morgan fingerprint density at radius 3 is 2.12 bits per heavy atom. The van der Waals surface area contributed by atoms with Crippen molar-refractivity contribution in [2.45, 2.75) is 25.7 Å². The molecule has 0 radical (unpaired) electrons. The number of nitrogens with zero attached hydrogens (tertiary/aromatic N) is 2. The zero-order chi connectivity index (χ0) is 17.2. The van der Waals surface area contributed by atoms with E-state index in [4.69, 9.17) is 10.1 Å². The maximum Gasteiger partial charge on any atom is 0.303 e. The second kappa shape index (κ2) is 6.71. The van der Waals surface area contributed by atoms with E-state index in [9.17, 15) is 4.79 Å². The molecule has 1 aromatic heterocycles. The van der Waals surface area contributed by atoms with Crippen LogP contribution in [0.25, 0.3) is 21.8 Å². The summed E-state index contributed by atoms with van der Waals surface area (Å²) in [6.07, 6.45) is 3.18. The number of fused-ring (bicyclic) bond motifs is 2. The Bertz CT molecular complexity index is 860. The molecule has 0 aliphatic carbocycles. The number of carboxylic acids is 1. The van der Waals surface area contributed by atoms with Gasteiger partial charge >= 0.3 is 5.97 Å². The SMILES string of the molecule is O=C(O)CCC1CCN(c2c3ccccc3nc3ccccc23)CC1. The smallest absolute Gasteiger partial charge is 0.303 e. The molecule has 4 rings (SSSR count). The molecule has 0 atom stereocenters. The maximum absolute atomic E-state index is 10.8. The van der Waals surface area contributed by atoms with Crippen molar-refractivity contribution in [2.75, 3.05) is 18.0 Å². The summed E-state index contributed by atoms with van der Waals surface area (Å²) in [6, 6.07) is 16.7. The van der Waals surface area contributed by atoms with E-state index in [1.807, 2.05) is 12.1 Å². The van der Waals surface area contributed by atoms with Gasteiger partial charge in [0.25, 0.3) is 0 Å². The van der Waals surface area contributed by atoms with Gasteiger partial charge in [0.1, 0.15) is 0 Å². The van der Waals surface area contributed by atoms with E-state index in [0.29, 0.717) is 5.92 Å². The van der Waals surface area contributed by atoms with Crippen LogP contribution < -0.4 is 4.90 Å². The average molecular weight is 334 g/mol. The number of piperidine rings is 1. The molecule has 1 aliphatic rings. The molecule has 2 aromatic carbocycles. The van der Waals surface area contributed by atoms with E-state index in [-0.39, 0.29) is 6.42 Å². The first-order valence-corrected chi connectivity index (χ1v) is 8.96. The van der Waals surface area contributed by atoms with E-state index >= 15 is 0 Å². The lowest BCUT2D eigenvalue weighted by Gasteiger charge is -2.35. The van der Waals surface area contributed by atoms with Crippen molar-refractivity contribution in [2.24, 2.45) is 5.92 Å². The molecule has 1 N–H and O–H groups in total. The molecule has 3 aromatic rings. The third-order valence-electron chi connectivity index (χ3n) is 5.26. The summed E-state index contributed by atoms with van der Waals surface area (Å²) in [5.74, 6) is -0.166. The Hall–Kier alpha value is -2.62. The predicted molar refractivity (Wildman–Crippen MR) is 101 cm³/mol. The molecule has 0 bridgehead atoms. The Kier molecular flexibility index (Phi) is 4.26. The molecule has 1 aliphatic heterocycles. The molecule has 0 amide bonds. The molecule has 4 nitrogen and oxygen atoms in total. The van der Waals surface area contributed by atoms with Gasteiger partial charge in [0.05, 0.1) is 16.7 Å². The average Bonchev–Trinajstić information content (AvgIpc) is 2.65. The fraction of sp³-hybridized carbons (Fsp3) is 0.333. The third-order valence-corrected chi connectivity index (χ3v) is 5.26. The molecule has 0 saturated carbocycles. The van der Waals surface area contributed by atoms with Gasteiger partial charge in [-0.2, -0.15) is 0 Å². The topological polar surface area (TPSA) is 53.4 Å². The van der Waals surface area contributed by atoms with Crippen LogP contribution in [0.1, 0.15) is 25.7 Å². The number of aromatic nitrogens is 1. The van der Waals surface area contributed by atoms with E-state index < -0.39 is 5.97 Å². The minimum absolute atomic E-state index is 0.284. The summed E-state index contributed by atoms with van der Waals surface area (Å²) in [5.41, 5.74) is 3.34. The molecule has 1 fully saturated rings. The van der Waals surface area contributed by atoms with E-state index in [2.05, 4.69) is 41.3 Å². The standard InChI is InChI=1S/C21H22N2O2/c24-20(25)10-9-15-11-13-23(14-12-15)21-16-5-1-3-7-18(16)22-19-8-4-2-6-17(19)21/h1-8,15H,9-14H2,(H,24,25). The maximum atomic E-state index is 10.8. The van der Waals surface area contributed by atoms with E-state index in [1.165, 1.54) is 16.5 Å². The highest BCUT2D eigenvalue weighted by molar-refractivity contribution is 6.07. The first-order valence-electron chi connectivity index (χ1n) is 8.96. The number of rotatable bonds is 4. The molecule has 2 heterocycles. The van der Waals surface area contributed by atoms with Gasteiger partial charge in [0, 0.05) is 30.3 Å². The molecule has 0 unspecified atom stereocenters. The van der Waals surface area contributed by atoms with Crippen molar-refractivity contribution in [1.29, 1.82) is 0 Å². The highest BCUT2D eigenvalue weighted by Crippen LogP contribution is 2.36. The lowest BCUT2D eigenvalue weighted by Crippen LogP contribution is -2.34. The number of pyridine rings is 1. The predicted octanol–water partition coefficient (Wildman–Crippen LogP) is 4.47. The van der Waals surface area contributed by atoms with Gasteiger partial charge in [-0.1, -0.05) is 36.4 Å². The van der Waals surface area contributed by atoms with Gasteiger partial charge in [-0.25, -0.2) is 4.98 Å². The van der Waals surface area contributed by atoms with Crippen molar-refractivity contribution >= 4 is 33.5 Å². The summed E-state index contributed by atoms with van der Waals surface area (Å²) in [7, 11) is 0. The zero-order valence-corrected chi connectivity index (χ0v) is 14.2. The summed E-state index contributed by atoms with van der Waals surface area (Å²) < 4.78 is 0. The fourth-order valence-electron chi connectivity index (χ4n) is 3.93. The van der Waals surface area contributed by atoms with Crippen LogP contribution in [0.15, 0.2) is 48.5 Å². The highest BCUT2D eigenvalue weighted by atomic mass is 16.4. The van der Waals surface area contributed by atoms with Crippen molar-refractivity contribution in [3.05, 3.63) is 48.5 Å². The van der Waals surface area contributed by atoms with Crippen molar-refractivity contribution in [3.8, 4) is 0 Å². The summed E-state index contributed by atoms with van der Waals surface area (Å²) in [5, 5.41) is 11.3. The second-order valence-electron chi connectivity index (χ2n) is 6.86. The van der Waals surface area contributed by atoms with Gasteiger partial charge in [0.2, 0.25) is 0 Å². The lowest BCUT2D eigenvalue weighted by atomic mass is 9.91. The Morgan fingerprint density at radius 2 is 1.56 bits per heavy atom. The minimum atomic E-state index is -0.687. The van der Waals surface area contributed by atoms with Crippen LogP contribution in [0.5, 0.6) is 0 Å². The van der Waals surface area contributed by atoms with Gasteiger partial charge in [0.15, 0.2) is 0 Å². The van der Waals surface area contributed by atoms with E-state index in [1.54, 1.807) is 0 Å². The van der Waals surface area contributed by atoms with Crippen molar-refractivity contribution in [3.63, 3.8) is 0 Å². The normalized spacial score (nSPS) is 15.8. The van der Waals surface area contributed by atoms with Crippen molar-refractivity contribution in [1.82, 2.24) is 4.98 Å². The van der Waals surface area contributed by atoms with Crippen molar-refractivity contribution < 1.29 is 9.90 Å². The zero-order valence-electron chi connectivity index (χ0n) is 14.2. The number of para-hydroxylation sites is 2. The van der Waals surface area contributed by atoms with Crippen LogP contribution in [0.3, 0.4) is 0 Å². The molecule has 0 spiro atoms. The third kappa shape index (κ3) is 3.16. The van der Waals surface area contributed by atoms with Crippen LogP contribution in [0.2, 0.25) is 0 Å². The molecule has 1 saturated heterocycles. The molecule has 4 heteroatoms. The number of hydrogen-bond acceptors (Lipinski definition) is 3. The first kappa shape index (κ1) is 15.9. The highest BCUT2D eigenvalue weighted by Gasteiger charge is 2.23. The second-order valence-corrected chi connectivity index (χ2v) is 6.86. The quantitative estimate of drug-likeness (QED) is 0.715. The number of carboxylic acid groups (broad SMARTS) is 1. The molecule has 128 valence electrons. The van der Waals surface area contributed by atoms with Crippen LogP contribution in [0.4, 0.5) is 5.69 Å².